The molecule has 0 aliphatic heterocycles. The summed E-state index contributed by atoms with van der Waals surface area (Å²) in [5, 5.41) is 2.31. The third-order valence-corrected chi connectivity index (χ3v) is 3.92. The molecule has 1 aromatic carbocycles. The van der Waals surface area contributed by atoms with Crippen LogP contribution in [-0.4, -0.2) is 23.5 Å². The van der Waals surface area contributed by atoms with Crippen molar-refractivity contribution in [2.45, 2.75) is 26.2 Å². The van der Waals surface area contributed by atoms with Gasteiger partial charge in [-0.2, -0.15) is 0 Å². The second kappa shape index (κ2) is 9.57. The number of rotatable bonds is 6. The average Bonchev–Trinajstić information content (AvgIpc) is 3.19. The van der Waals surface area contributed by atoms with E-state index in [1.807, 2.05) is 24.3 Å². The highest BCUT2D eigenvalue weighted by Crippen LogP contribution is 2.21. The van der Waals surface area contributed by atoms with Gasteiger partial charge in [-0.05, 0) is 54.4 Å². The van der Waals surface area contributed by atoms with Gasteiger partial charge < -0.3 is 9.15 Å². The largest absolute Gasteiger partial charge is 0.484 e. The van der Waals surface area contributed by atoms with Crippen LogP contribution in [-0.2, 0) is 4.79 Å². The molecular weight excluding hydrogens is 354 g/mol. The van der Waals surface area contributed by atoms with Crippen LogP contribution in [0.5, 0.6) is 5.75 Å². The van der Waals surface area contributed by atoms with Gasteiger partial charge in [0, 0.05) is 0 Å². The van der Waals surface area contributed by atoms with Crippen LogP contribution in [0.1, 0.15) is 42.3 Å². The Bertz CT molecular complexity index is 744. The fourth-order valence-electron chi connectivity index (χ4n) is 2.04. The Morgan fingerprint density at radius 3 is 2.54 bits per heavy atom. The highest BCUT2D eigenvalue weighted by atomic mass is 32.1. The van der Waals surface area contributed by atoms with Gasteiger partial charge in [0.1, 0.15) is 5.75 Å². The van der Waals surface area contributed by atoms with Gasteiger partial charge in [-0.25, -0.2) is 0 Å². The van der Waals surface area contributed by atoms with E-state index >= 15 is 0 Å². The van der Waals surface area contributed by atoms with E-state index < -0.39 is 11.8 Å². The summed E-state index contributed by atoms with van der Waals surface area (Å²) >= 11 is 4.91. The van der Waals surface area contributed by atoms with E-state index in [9.17, 15) is 9.59 Å². The molecule has 7 nitrogen and oxygen atoms in total. The fourth-order valence-corrected chi connectivity index (χ4v) is 2.19. The molecular formula is C18H21N3O4S. The number of hydrazine groups is 1. The number of ether oxygens (including phenoxy) is 1. The van der Waals surface area contributed by atoms with Crippen molar-refractivity contribution in [1.82, 2.24) is 16.2 Å². The molecule has 3 N–H and O–H groups in total. The highest BCUT2D eigenvalue weighted by molar-refractivity contribution is 7.80. The lowest BCUT2D eigenvalue weighted by atomic mass is 9.99. The maximum atomic E-state index is 11.8. The van der Waals surface area contributed by atoms with Gasteiger partial charge in [-0.15, -0.1) is 0 Å². The average molecular weight is 375 g/mol. The minimum Gasteiger partial charge on any atom is -0.484 e. The number of benzene rings is 1. The SMILES string of the molecule is CCC(C)c1ccc(OCC(=O)NNC(=S)NC(=O)c2ccco2)cc1. The van der Waals surface area contributed by atoms with E-state index in [1.54, 1.807) is 6.07 Å². The summed E-state index contributed by atoms with van der Waals surface area (Å²) in [6.45, 7) is 4.10. The third-order valence-electron chi connectivity index (χ3n) is 3.72. The van der Waals surface area contributed by atoms with Crippen molar-refractivity contribution in [3.63, 3.8) is 0 Å². The number of amides is 2. The van der Waals surface area contributed by atoms with Crippen LogP contribution in [0.3, 0.4) is 0 Å². The molecule has 2 rings (SSSR count). The molecule has 1 atom stereocenters. The lowest BCUT2D eigenvalue weighted by Gasteiger charge is -2.12. The van der Waals surface area contributed by atoms with Gasteiger partial charge in [-0.3, -0.25) is 25.8 Å². The maximum Gasteiger partial charge on any atom is 0.293 e. The van der Waals surface area contributed by atoms with E-state index in [0.29, 0.717) is 11.7 Å². The smallest absolute Gasteiger partial charge is 0.293 e. The molecule has 138 valence electrons. The molecule has 1 unspecified atom stereocenters. The number of carbonyl (C=O) groups excluding carboxylic acids is 2. The van der Waals surface area contributed by atoms with E-state index in [1.165, 1.54) is 17.9 Å². The zero-order valence-corrected chi connectivity index (χ0v) is 15.4. The third kappa shape index (κ3) is 5.89. The standard InChI is InChI=1S/C18H21N3O4S/c1-3-12(2)13-6-8-14(9-7-13)25-11-16(22)20-21-18(26)19-17(23)15-5-4-10-24-15/h4-10,12H,3,11H2,1-2H3,(H,20,22)(H2,19,21,23,26). The number of furan rings is 1. The summed E-state index contributed by atoms with van der Waals surface area (Å²) < 4.78 is 10.3. The molecule has 0 aliphatic carbocycles. The summed E-state index contributed by atoms with van der Waals surface area (Å²) in [6.07, 6.45) is 2.44. The zero-order valence-electron chi connectivity index (χ0n) is 14.6. The van der Waals surface area contributed by atoms with Gasteiger partial charge >= 0.3 is 0 Å². The molecule has 26 heavy (non-hydrogen) atoms. The van der Waals surface area contributed by atoms with Crippen molar-refractivity contribution < 1.29 is 18.7 Å². The van der Waals surface area contributed by atoms with Crippen LogP contribution >= 0.6 is 12.2 Å². The lowest BCUT2D eigenvalue weighted by molar-refractivity contribution is -0.123. The minimum absolute atomic E-state index is 0.0577. The van der Waals surface area contributed by atoms with E-state index in [-0.39, 0.29) is 17.5 Å². The number of nitrogens with one attached hydrogen (secondary N) is 3. The van der Waals surface area contributed by atoms with Crippen LogP contribution in [0, 0.1) is 0 Å². The van der Waals surface area contributed by atoms with Gasteiger partial charge in [0.15, 0.2) is 17.5 Å². The van der Waals surface area contributed by atoms with Gasteiger partial charge in [-0.1, -0.05) is 26.0 Å². The highest BCUT2D eigenvalue weighted by Gasteiger charge is 2.11. The Hall–Kier alpha value is -2.87. The summed E-state index contributed by atoms with van der Waals surface area (Å²) in [6, 6.07) is 10.7. The molecule has 0 aliphatic rings. The molecule has 0 bridgehead atoms. The molecule has 2 aromatic rings. The molecule has 0 radical (unpaired) electrons. The Morgan fingerprint density at radius 1 is 1.19 bits per heavy atom. The maximum absolute atomic E-state index is 11.8. The van der Waals surface area contributed by atoms with E-state index in [2.05, 4.69) is 30.0 Å². The molecule has 1 aromatic heterocycles. The van der Waals surface area contributed by atoms with Crippen molar-refractivity contribution >= 4 is 29.1 Å². The van der Waals surface area contributed by atoms with Crippen LogP contribution < -0.4 is 20.9 Å². The topological polar surface area (TPSA) is 92.6 Å². The minimum atomic E-state index is -0.514. The Balaban J connectivity index is 1.70. The second-order valence-corrected chi connectivity index (χ2v) is 6.01. The molecule has 2 amide bonds. The monoisotopic (exact) mass is 375 g/mol. The number of hydrogen-bond acceptors (Lipinski definition) is 5. The van der Waals surface area contributed by atoms with Crippen molar-refractivity contribution in [2.75, 3.05) is 6.61 Å². The number of carbonyl (C=O) groups is 2. The van der Waals surface area contributed by atoms with Gasteiger partial charge in [0.2, 0.25) is 0 Å². The van der Waals surface area contributed by atoms with Crippen molar-refractivity contribution in [3.8, 4) is 5.75 Å². The summed E-state index contributed by atoms with van der Waals surface area (Å²) in [4.78, 5) is 23.5. The van der Waals surface area contributed by atoms with Crippen LogP contribution in [0.25, 0.3) is 0 Å². The predicted molar refractivity (Wildman–Crippen MR) is 101 cm³/mol. The lowest BCUT2D eigenvalue weighted by Crippen LogP contribution is -2.49. The number of hydrogen-bond donors (Lipinski definition) is 3. The summed E-state index contributed by atoms with van der Waals surface area (Å²) in [7, 11) is 0. The van der Waals surface area contributed by atoms with Crippen LogP contribution in [0.15, 0.2) is 47.1 Å². The Morgan fingerprint density at radius 2 is 1.92 bits per heavy atom. The Kier molecular flexibility index (Phi) is 7.16. The van der Waals surface area contributed by atoms with Crippen molar-refractivity contribution in [3.05, 3.63) is 54.0 Å². The fraction of sp³-hybridized carbons (Fsp3) is 0.278. The molecule has 0 saturated carbocycles. The first kappa shape index (κ1) is 19.5. The molecule has 0 saturated heterocycles. The summed E-state index contributed by atoms with van der Waals surface area (Å²) in [5.74, 6) is 0.240. The molecule has 0 fully saturated rings. The first-order valence-electron chi connectivity index (χ1n) is 8.16. The number of thiocarbonyl (C=S) groups is 1. The summed E-state index contributed by atoms with van der Waals surface area (Å²) in [5.41, 5.74) is 5.99. The van der Waals surface area contributed by atoms with Crippen molar-refractivity contribution in [1.29, 1.82) is 0 Å². The first-order chi connectivity index (χ1) is 12.5. The molecule has 0 spiro atoms. The first-order valence-corrected chi connectivity index (χ1v) is 8.56. The Labute approximate surface area is 157 Å². The predicted octanol–water partition coefficient (Wildman–Crippen LogP) is 2.51. The molecule has 1 heterocycles. The second-order valence-electron chi connectivity index (χ2n) is 5.60. The van der Waals surface area contributed by atoms with Gasteiger partial charge in [0.25, 0.3) is 11.8 Å². The van der Waals surface area contributed by atoms with E-state index in [4.69, 9.17) is 21.4 Å². The normalized spacial score (nSPS) is 11.3. The molecule has 8 heteroatoms. The van der Waals surface area contributed by atoms with E-state index in [0.717, 1.165) is 6.42 Å². The van der Waals surface area contributed by atoms with Crippen LogP contribution in [0.2, 0.25) is 0 Å². The zero-order chi connectivity index (χ0) is 18.9. The van der Waals surface area contributed by atoms with Crippen molar-refractivity contribution in [2.24, 2.45) is 0 Å². The van der Waals surface area contributed by atoms with Gasteiger partial charge in [0.05, 0.1) is 6.26 Å². The quantitative estimate of drug-likeness (QED) is 0.531. The van der Waals surface area contributed by atoms with Crippen LogP contribution in [0.4, 0.5) is 0 Å².